The molecule has 0 saturated carbocycles. The Labute approximate surface area is 194 Å². The maximum Gasteiger partial charge on any atom is 0.269 e. The Hall–Kier alpha value is -3.29. The molecule has 0 aliphatic carbocycles. The highest BCUT2D eigenvalue weighted by molar-refractivity contribution is 9.15. The van der Waals surface area contributed by atoms with E-state index in [2.05, 4.69) is 26.6 Å². The second-order valence-electron chi connectivity index (χ2n) is 7.06. The van der Waals surface area contributed by atoms with E-state index < -0.39 is 23.7 Å². The number of nitrogens with one attached hydrogen (secondary N) is 2. The van der Waals surface area contributed by atoms with Gasteiger partial charge in [-0.15, -0.1) is 0 Å². The summed E-state index contributed by atoms with van der Waals surface area (Å²) < 4.78 is 13.9. The summed E-state index contributed by atoms with van der Waals surface area (Å²) in [6.45, 7) is -0.283. The normalized spacial score (nSPS) is 12.5. The Morgan fingerprint density at radius 2 is 1.53 bits per heavy atom. The fourth-order valence-electron chi connectivity index (χ4n) is 3.07. The number of carbonyl (C=O) groups excluding carboxylic acids is 2. The average molecular weight is 497 g/mol. The number of benzene rings is 3. The Morgan fingerprint density at radius 1 is 0.906 bits per heavy atom. The van der Waals surface area contributed by atoms with Gasteiger partial charge >= 0.3 is 0 Å². The summed E-state index contributed by atoms with van der Waals surface area (Å²) in [7, 11) is 0. The Bertz CT molecular complexity index is 1100. The van der Waals surface area contributed by atoms with Gasteiger partial charge in [-0.2, -0.15) is 0 Å². The largest absolute Gasteiger partial charge is 0.394 e. The summed E-state index contributed by atoms with van der Waals surface area (Å²) in [5.74, 6) is -1.77. The molecule has 0 radical (unpaired) electrons. The standard InChI is InChI=1S/C25H22BrFN2O3/c26-22(18-10-5-2-6-11-18)23(29-24(31)19-12-7-13-20(27)15-19)25(32)28-21(16-30)14-17-8-3-1-4-9-17/h1-13,15,21,30H,14,16H2,(H,28,32)(H,29,31)/b23-22-/t21-/m0/s1. The van der Waals surface area contributed by atoms with E-state index in [1.54, 1.807) is 24.3 Å². The van der Waals surface area contributed by atoms with E-state index >= 15 is 0 Å². The predicted molar refractivity (Wildman–Crippen MR) is 125 cm³/mol. The van der Waals surface area contributed by atoms with Crippen LogP contribution in [0.5, 0.6) is 0 Å². The zero-order valence-corrected chi connectivity index (χ0v) is 18.7. The van der Waals surface area contributed by atoms with Crippen LogP contribution in [0.2, 0.25) is 0 Å². The smallest absolute Gasteiger partial charge is 0.269 e. The van der Waals surface area contributed by atoms with E-state index in [9.17, 15) is 19.1 Å². The van der Waals surface area contributed by atoms with Gasteiger partial charge in [0.05, 0.1) is 17.1 Å². The van der Waals surface area contributed by atoms with Crippen molar-refractivity contribution in [1.29, 1.82) is 0 Å². The number of aliphatic hydroxyl groups excluding tert-OH is 1. The predicted octanol–water partition coefficient (Wildman–Crippen LogP) is 4.04. The van der Waals surface area contributed by atoms with Gasteiger partial charge < -0.3 is 15.7 Å². The van der Waals surface area contributed by atoms with Gasteiger partial charge in [-0.05, 0) is 51.7 Å². The number of amides is 2. The van der Waals surface area contributed by atoms with Crippen LogP contribution in [0.15, 0.2) is 90.6 Å². The van der Waals surface area contributed by atoms with E-state index in [4.69, 9.17) is 0 Å². The monoisotopic (exact) mass is 496 g/mol. The van der Waals surface area contributed by atoms with Gasteiger partial charge in [-0.3, -0.25) is 9.59 Å². The first-order valence-electron chi connectivity index (χ1n) is 9.95. The molecule has 32 heavy (non-hydrogen) atoms. The van der Waals surface area contributed by atoms with Crippen molar-refractivity contribution in [3.63, 3.8) is 0 Å². The first-order valence-corrected chi connectivity index (χ1v) is 10.7. The van der Waals surface area contributed by atoms with Crippen molar-refractivity contribution in [3.05, 3.63) is 113 Å². The highest BCUT2D eigenvalue weighted by Gasteiger charge is 2.22. The van der Waals surface area contributed by atoms with Crippen molar-refractivity contribution in [1.82, 2.24) is 10.6 Å². The SMILES string of the molecule is O=C(N[C@H](CO)Cc1ccccc1)/C(NC(=O)c1cccc(F)c1)=C(/Br)c1ccccc1. The second kappa shape index (κ2) is 11.4. The lowest BCUT2D eigenvalue weighted by molar-refractivity contribution is -0.118. The molecule has 0 spiro atoms. The Balaban J connectivity index is 1.87. The molecule has 0 heterocycles. The number of aliphatic hydroxyl groups is 1. The van der Waals surface area contributed by atoms with E-state index in [0.717, 1.165) is 11.6 Å². The summed E-state index contributed by atoms with van der Waals surface area (Å²) in [6, 6.07) is 23.0. The molecule has 0 fully saturated rings. The van der Waals surface area contributed by atoms with Crippen molar-refractivity contribution in [2.45, 2.75) is 12.5 Å². The average Bonchev–Trinajstić information content (AvgIpc) is 2.82. The zero-order chi connectivity index (χ0) is 22.9. The number of carbonyl (C=O) groups is 2. The third kappa shape index (κ3) is 6.35. The molecule has 3 aromatic carbocycles. The van der Waals surface area contributed by atoms with Crippen LogP contribution in [0.1, 0.15) is 21.5 Å². The van der Waals surface area contributed by atoms with Crippen LogP contribution in [0.4, 0.5) is 4.39 Å². The third-order valence-electron chi connectivity index (χ3n) is 4.68. The molecule has 0 bridgehead atoms. The summed E-state index contributed by atoms with van der Waals surface area (Å²) in [4.78, 5) is 25.9. The third-order valence-corrected chi connectivity index (χ3v) is 5.53. The first-order chi connectivity index (χ1) is 15.5. The fourth-order valence-corrected chi connectivity index (χ4v) is 3.62. The van der Waals surface area contributed by atoms with Crippen LogP contribution in [0, 0.1) is 5.82 Å². The van der Waals surface area contributed by atoms with E-state index in [1.165, 1.54) is 18.2 Å². The van der Waals surface area contributed by atoms with Gasteiger partial charge in [0.1, 0.15) is 11.5 Å². The van der Waals surface area contributed by atoms with Gasteiger partial charge in [-0.1, -0.05) is 66.7 Å². The van der Waals surface area contributed by atoms with Crippen molar-refractivity contribution < 1.29 is 19.1 Å². The lowest BCUT2D eigenvalue weighted by Crippen LogP contribution is -2.43. The minimum Gasteiger partial charge on any atom is -0.394 e. The van der Waals surface area contributed by atoms with Crippen LogP contribution in [0.25, 0.3) is 4.48 Å². The number of hydrogen-bond acceptors (Lipinski definition) is 3. The van der Waals surface area contributed by atoms with Gasteiger partial charge in [0.25, 0.3) is 11.8 Å². The maximum atomic E-state index is 13.6. The maximum absolute atomic E-state index is 13.6. The molecule has 0 aromatic heterocycles. The number of halogens is 2. The molecule has 1 atom stereocenters. The number of rotatable bonds is 8. The molecule has 7 heteroatoms. The van der Waals surface area contributed by atoms with Crippen molar-refractivity contribution in [2.24, 2.45) is 0 Å². The van der Waals surface area contributed by atoms with Gasteiger partial charge in [-0.25, -0.2) is 4.39 Å². The molecule has 0 aliphatic rings. The van der Waals surface area contributed by atoms with Gasteiger partial charge in [0.2, 0.25) is 0 Å². The second-order valence-corrected chi connectivity index (χ2v) is 7.86. The van der Waals surface area contributed by atoms with Gasteiger partial charge in [0.15, 0.2) is 0 Å². The van der Waals surface area contributed by atoms with E-state index in [1.807, 2.05) is 36.4 Å². The first kappa shape index (κ1) is 23.4. The lowest BCUT2D eigenvalue weighted by Gasteiger charge is -2.19. The zero-order valence-electron chi connectivity index (χ0n) is 17.1. The van der Waals surface area contributed by atoms with Crippen LogP contribution >= 0.6 is 15.9 Å². The van der Waals surface area contributed by atoms with Crippen molar-refractivity contribution >= 4 is 32.2 Å². The van der Waals surface area contributed by atoms with E-state index in [0.29, 0.717) is 16.5 Å². The van der Waals surface area contributed by atoms with E-state index in [-0.39, 0.29) is 17.9 Å². The minimum absolute atomic E-state index is 0.0445. The van der Waals surface area contributed by atoms with Crippen LogP contribution in [0.3, 0.4) is 0 Å². The molecule has 164 valence electrons. The summed E-state index contributed by atoms with van der Waals surface area (Å²) >= 11 is 3.41. The molecule has 3 aromatic rings. The van der Waals surface area contributed by atoms with Crippen LogP contribution in [-0.2, 0) is 11.2 Å². The molecular formula is C25H22BrFN2O3. The summed E-state index contributed by atoms with van der Waals surface area (Å²) in [5.41, 5.74) is 1.65. The van der Waals surface area contributed by atoms with Gasteiger partial charge in [0, 0.05) is 5.56 Å². The molecule has 0 saturated heterocycles. The minimum atomic E-state index is -0.633. The molecule has 0 unspecified atom stereocenters. The highest BCUT2D eigenvalue weighted by Crippen LogP contribution is 2.24. The molecule has 0 aliphatic heterocycles. The number of hydrogen-bond donors (Lipinski definition) is 3. The highest BCUT2D eigenvalue weighted by atomic mass is 79.9. The Morgan fingerprint density at radius 3 is 2.16 bits per heavy atom. The lowest BCUT2D eigenvalue weighted by atomic mass is 10.1. The van der Waals surface area contributed by atoms with Crippen LogP contribution in [-0.4, -0.2) is 29.6 Å². The summed E-state index contributed by atoms with van der Waals surface area (Å²) in [6.07, 6.45) is 0.414. The summed E-state index contributed by atoms with van der Waals surface area (Å²) in [5, 5.41) is 15.1. The molecule has 2 amide bonds. The topological polar surface area (TPSA) is 78.4 Å². The fraction of sp³-hybridized carbons (Fsp3) is 0.120. The quantitative estimate of drug-likeness (QED) is 0.411. The molecule has 5 nitrogen and oxygen atoms in total. The van der Waals surface area contributed by atoms with Crippen molar-refractivity contribution in [3.8, 4) is 0 Å². The Kier molecular flexibility index (Phi) is 8.30. The molecule has 3 rings (SSSR count). The molecule has 3 N–H and O–H groups in total. The van der Waals surface area contributed by atoms with Crippen molar-refractivity contribution in [2.75, 3.05) is 6.61 Å². The van der Waals surface area contributed by atoms with Crippen LogP contribution < -0.4 is 10.6 Å². The molecular weight excluding hydrogens is 475 g/mol.